The first-order valence-corrected chi connectivity index (χ1v) is 8.24. The molecule has 1 aromatic rings. The summed E-state index contributed by atoms with van der Waals surface area (Å²) in [4.78, 5) is 12.6. The van der Waals surface area contributed by atoms with Crippen LogP contribution >= 0.6 is 27.3 Å². The van der Waals surface area contributed by atoms with E-state index in [4.69, 9.17) is 0 Å². The van der Waals surface area contributed by atoms with Crippen molar-refractivity contribution in [2.45, 2.75) is 6.42 Å². The van der Waals surface area contributed by atoms with Crippen molar-refractivity contribution >= 4 is 49.3 Å². The highest BCUT2D eigenvalue weighted by Gasteiger charge is 2.30. The first-order valence-electron chi connectivity index (χ1n) is 4.95. The molecule has 4 nitrogen and oxygen atoms in total. The summed E-state index contributed by atoms with van der Waals surface area (Å²) in [6.45, 7) is 0.291. The maximum absolute atomic E-state index is 11.7. The van der Waals surface area contributed by atoms with Crippen LogP contribution in [0.2, 0.25) is 0 Å². The quantitative estimate of drug-likeness (QED) is 0.777. The van der Waals surface area contributed by atoms with Crippen LogP contribution in [0.5, 0.6) is 0 Å². The number of carbonyl (C=O) groups is 1. The Morgan fingerprint density at radius 2 is 2.29 bits per heavy atom. The summed E-state index contributed by atoms with van der Waals surface area (Å²) in [5, 5.41) is 1.90. The fourth-order valence-corrected chi connectivity index (χ4v) is 4.33. The molecule has 0 spiro atoms. The second-order valence-corrected chi connectivity index (χ2v) is 7.45. The van der Waals surface area contributed by atoms with E-state index in [1.165, 1.54) is 17.4 Å². The Bertz CT molecular complexity index is 562. The molecule has 0 saturated carbocycles. The molecule has 2 heterocycles. The molecular formula is C10H10BrNO3S2. The molecular weight excluding hydrogens is 326 g/mol. The number of amides is 1. The monoisotopic (exact) mass is 335 g/mol. The number of thiophene rings is 1. The Morgan fingerprint density at radius 3 is 2.82 bits per heavy atom. The average Bonchev–Trinajstić information content (AvgIpc) is 2.81. The minimum absolute atomic E-state index is 0.0666. The van der Waals surface area contributed by atoms with E-state index in [1.54, 1.807) is 6.08 Å². The van der Waals surface area contributed by atoms with Crippen molar-refractivity contribution in [2.24, 2.45) is 0 Å². The largest absolute Gasteiger partial charge is 0.269 e. The SMILES string of the molecule is O=C(C=Cc1cc(Br)cs1)N1CCCS1(=O)=O. The van der Waals surface area contributed by atoms with Crippen molar-refractivity contribution < 1.29 is 13.2 Å². The maximum atomic E-state index is 11.7. The molecule has 17 heavy (non-hydrogen) atoms. The predicted molar refractivity (Wildman–Crippen MR) is 71.2 cm³/mol. The Kier molecular flexibility index (Phi) is 3.70. The van der Waals surface area contributed by atoms with Crippen LogP contribution in [0.15, 0.2) is 22.0 Å². The Labute approximate surface area is 112 Å². The molecule has 1 amide bonds. The third kappa shape index (κ3) is 2.97. The molecule has 0 atom stereocenters. The van der Waals surface area contributed by atoms with E-state index in [-0.39, 0.29) is 5.75 Å². The number of nitrogens with zero attached hydrogens (tertiary/aromatic N) is 1. The molecule has 2 rings (SSSR count). The third-order valence-electron chi connectivity index (χ3n) is 2.32. The van der Waals surface area contributed by atoms with Gasteiger partial charge in [0.25, 0.3) is 5.91 Å². The van der Waals surface area contributed by atoms with Gasteiger partial charge in [-0.2, -0.15) is 0 Å². The highest BCUT2D eigenvalue weighted by molar-refractivity contribution is 9.10. The normalized spacial score (nSPS) is 19.0. The van der Waals surface area contributed by atoms with E-state index in [2.05, 4.69) is 15.9 Å². The molecule has 0 aromatic carbocycles. The molecule has 0 N–H and O–H groups in total. The van der Waals surface area contributed by atoms with Gasteiger partial charge in [-0.05, 0) is 34.5 Å². The van der Waals surface area contributed by atoms with Crippen LogP contribution in [0.3, 0.4) is 0 Å². The van der Waals surface area contributed by atoms with Crippen LogP contribution in [0.25, 0.3) is 6.08 Å². The van der Waals surface area contributed by atoms with E-state index in [9.17, 15) is 13.2 Å². The fourth-order valence-electron chi connectivity index (χ4n) is 1.54. The molecule has 92 valence electrons. The summed E-state index contributed by atoms with van der Waals surface area (Å²) in [6.07, 6.45) is 3.46. The lowest BCUT2D eigenvalue weighted by Gasteiger charge is -2.11. The molecule has 1 aliphatic heterocycles. The van der Waals surface area contributed by atoms with Crippen LogP contribution in [0.4, 0.5) is 0 Å². The zero-order chi connectivity index (χ0) is 12.5. The van der Waals surface area contributed by atoms with Crippen molar-refractivity contribution in [3.63, 3.8) is 0 Å². The smallest absolute Gasteiger partial charge is 0.260 e. The number of hydrogen-bond donors (Lipinski definition) is 0. The van der Waals surface area contributed by atoms with Crippen molar-refractivity contribution in [3.05, 3.63) is 26.9 Å². The minimum Gasteiger partial charge on any atom is -0.269 e. The van der Waals surface area contributed by atoms with Crippen LogP contribution in [0, 0.1) is 0 Å². The van der Waals surface area contributed by atoms with Gasteiger partial charge in [-0.3, -0.25) is 4.79 Å². The standard InChI is InChI=1S/C10H10BrNO3S2/c11-8-6-9(16-7-8)2-3-10(13)12-4-1-5-17(12,14)15/h2-3,6-7H,1,4-5H2. The van der Waals surface area contributed by atoms with Crippen LogP contribution in [-0.2, 0) is 14.8 Å². The van der Waals surface area contributed by atoms with Gasteiger partial charge >= 0.3 is 0 Å². The lowest BCUT2D eigenvalue weighted by Crippen LogP contribution is -2.30. The highest BCUT2D eigenvalue weighted by Crippen LogP contribution is 2.21. The van der Waals surface area contributed by atoms with E-state index < -0.39 is 15.9 Å². The summed E-state index contributed by atoms with van der Waals surface area (Å²) in [7, 11) is -3.36. The molecule has 0 bridgehead atoms. The Hall–Kier alpha value is -0.660. The maximum Gasteiger partial charge on any atom is 0.260 e. The number of halogens is 1. The summed E-state index contributed by atoms with van der Waals surface area (Å²) >= 11 is 4.79. The molecule has 1 fully saturated rings. The third-order valence-corrected chi connectivity index (χ3v) is 5.82. The zero-order valence-electron chi connectivity index (χ0n) is 8.80. The molecule has 1 saturated heterocycles. The van der Waals surface area contributed by atoms with E-state index in [1.807, 2.05) is 11.4 Å². The van der Waals surface area contributed by atoms with Gasteiger partial charge in [0.1, 0.15) is 0 Å². The average molecular weight is 336 g/mol. The summed E-state index contributed by atoms with van der Waals surface area (Å²) in [6, 6.07) is 1.87. The number of hydrogen-bond acceptors (Lipinski definition) is 4. The van der Waals surface area contributed by atoms with Crippen molar-refractivity contribution in [2.75, 3.05) is 12.3 Å². The zero-order valence-corrected chi connectivity index (χ0v) is 12.0. The topological polar surface area (TPSA) is 54.5 Å². The molecule has 0 aliphatic carbocycles. The van der Waals surface area contributed by atoms with Gasteiger partial charge in [0.2, 0.25) is 10.0 Å². The Balaban J connectivity index is 2.10. The van der Waals surface area contributed by atoms with Crippen LogP contribution in [-0.4, -0.2) is 30.9 Å². The first-order chi connectivity index (χ1) is 7.99. The van der Waals surface area contributed by atoms with Gasteiger partial charge in [-0.15, -0.1) is 11.3 Å². The van der Waals surface area contributed by atoms with E-state index in [0.29, 0.717) is 13.0 Å². The van der Waals surface area contributed by atoms with E-state index in [0.717, 1.165) is 13.7 Å². The van der Waals surface area contributed by atoms with Crippen molar-refractivity contribution in [1.29, 1.82) is 0 Å². The summed E-state index contributed by atoms with van der Waals surface area (Å²) in [5.74, 6) is -0.399. The van der Waals surface area contributed by atoms with E-state index >= 15 is 0 Å². The van der Waals surface area contributed by atoms with Gasteiger partial charge in [-0.1, -0.05) is 0 Å². The molecule has 0 unspecified atom stereocenters. The van der Waals surface area contributed by atoms with Crippen LogP contribution in [0.1, 0.15) is 11.3 Å². The number of rotatable bonds is 2. The second-order valence-electron chi connectivity index (χ2n) is 3.58. The Morgan fingerprint density at radius 1 is 1.53 bits per heavy atom. The highest BCUT2D eigenvalue weighted by atomic mass is 79.9. The van der Waals surface area contributed by atoms with Gasteiger partial charge < -0.3 is 0 Å². The fraction of sp³-hybridized carbons (Fsp3) is 0.300. The lowest BCUT2D eigenvalue weighted by molar-refractivity contribution is -0.121. The molecule has 1 aromatic heterocycles. The summed E-state index contributed by atoms with van der Waals surface area (Å²) < 4.78 is 24.9. The van der Waals surface area contributed by atoms with Crippen LogP contribution < -0.4 is 0 Å². The van der Waals surface area contributed by atoms with Gasteiger partial charge in [0.05, 0.1) is 5.75 Å². The van der Waals surface area contributed by atoms with Crippen molar-refractivity contribution in [3.8, 4) is 0 Å². The molecule has 7 heteroatoms. The summed E-state index contributed by atoms with van der Waals surface area (Å²) in [5.41, 5.74) is 0. The van der Waals surface area contributed by atoms with Gasteiger partial charge in [0, 0.05) is 27.4 Å². The number of sulfonamides is 1. The van der Waals surface area contributed by atoms with Gasteiger partial charge in [0.15, 0.2) is 0 Å². The number of carbonyl (C=O) groups excluding carboxylic acids is 1. The minimum atomic E-state index is -3.36. The molecule has 0 radical (unpaired) electrons. The first kappa shape index (κ1) is 12.8. The van der Waals surface area contributed by atoms with Crippen molar-refractivity contribution in [1.82, 2.24) is 4.31 Å². The lowest BCUT2D eigenvalue weighted by atomic mass is 10.4. The predicted octanol–water partition coefficient (Wildman–Crippen LogP) is 2.09. The second kappa shape index (κ2) is 4.91. The van der Waals surface area contributed by atoms with Gasteiger partial charge in [-0.25, -0.2) is 12.7 Å². The molecule has 1 aliphatic rings.